The maximum atomic E-state index is 12.4. The van der Waals surface area contributed by atoms with Gasteiger partial charge in [0.15, 0.2) is 5.76 Å². The van der Waals surface area contributed by atoms with E-state index < -0.39 is 6.29 Å². The molecule has 2 N–H and O–H groups in total. The van der Waals surface area contributed by atoms with E-state index in [0.29, 0.717) is 25.3 Å². The molecule has 2 rings (SSSR count). The summed E-state index contributed by atoms with van der Waals surface area (Å²) in [5.74, 6) is 0.384. The number of ether oxygens (including phenoxy) is 2. The molecule has 1 aromatic carbocycles. The Morgan fingerprint density at radius 1 is 1.33 bits per heavy atom. The van der Waals surface area contributed by atoms with Gasteiger partial charge < -0.3 is 19.9 Å². The standard InChI is InChI=1S/C19H27NO4/c1-3-23-19-16(10-7-11-21)14(2)12-17(24-19)18(22)20-13-15-8-5-4-6-9-15/h4-6,8-9,12,14,16,19,21H,3,7,10-11,13H2,1-2H3,(H,20,22)/t14-,16-,19+/m0/s1. The van der Waals surface area contributed by atoms with E-state index in [9.17, 15) is 4.79 Å². The summed E-state index contributed by atoms with van der Waals surface area (Å²) < 4.78 is 11.5. The Labute approximate surface area is 143 Å². The van der Waals surface area contributed by atoms with Crippen LogP contribution in [-0.2, 0) is 20.8 Å². The van der Waals surface area contributed by atoms with E-state index >= 15 is 0 Å². The maximum Gasteiger partial charge on any atom is 0.286 e. The largest absolute Gasteiger partial charge is 0.459 e. The molecule has 5 nitrogen and oxygen atoms in total. The lowest BCUT2D eigenvalue weighted by Gasteiger charge is -2.35. The van der Waals surface area contributed by atoms with Gasteiger partial charge in [0.1, 0.15) is 0 Å². The first-order chi connectivity index (χ1) is 11.7. The molecule has 1 aromatic rings. The van der Waals surface area contributed by atoms with Gasteiger partial charge >= 0.3 is 0 Å². The molecular formula is C19H27NO4. The quantitative estimate of drug-likeness (QED) is 0.767. The van der Waals surface area contributed by atoms with Crippen molar-refractivity contribution in [1.29, 1.82) is 0 Å². The number of benzene rings is 1. The van der Waals surface area contributed by atoms with Gasteiger partial charge in [-0.1, -0.05) is 37.3 Å². The van der Waals surface area contributed by atoms with E-state index in [4.69, 9.17) is 14.6 Å². The normalized spacial score (nSPS) is 23.3. The summed E-state index contributed by atoms with van der Waals surface area (Å²) in [6.07, 6.45) is 2.92. The minimum absolute atomic E-state index is 0.141. The number of allylic oxidation sites excluding steroid dienone is 1. The molecule has 0 bridgehead atoms. The number of rotatable bonds is 8. The van der Waals surface area contributed by atoms with Gasteiger partial charge in [0, 0.05) is 25.7 Å². The van der Waals surface area contributed by atoms with Crippen LogP contribution in [0.4, 0.5) is 0 Å². The molecule has 0 unspecified atom stereocenters. The molecule has 5 heteroatoms. The van der Waals surface area contributed by atoms with Crippen LogP contribution in [0, 0.1) is 11.8 Å². The average Bonchev–Trinajstić information content (AvgIpc) is 2.60. The van der Waals surface area contributed by atoms with Gasteiger partial charge in [-0.3, -0.25) is 4.79 Å². The second-order valence-electron chi connectivity index (χ2n) is 6.03. The lowest BCUT2D eigenvalue weighted by Crippen LogP contribution is -2.38. The molecule has 1 amide bonds. The summed E-state index contributed by atoms with van der Waals surface area (Å²) in [6.45, 7) is 5.09. The first kappa shape index (κ1) is 18.5. The lowest BCUT2D eigenvalue weighted by molar-refractivity contribution is -0.171. The first-order valence-electron chi connectivity index (χ1n) is 8.58. The fourth-order valence-corrected chi connectivity index (χ4v) is 2.90. The molecular weight excluding hydrogens is 306 g/mol. The Kier molecular flexibility index (Phi) is 7.28. The molecule has 0 radical (unpaired) electrons. The van der Waals surface area contributed by atoms with Crippen LogP contribution in [0.15, 0.2) is 42.2 Å². The fourth-order valence-electron chi connectivity index (χ4n) is 2.90. The Morgan fingerprint density at radius 3 is 2.75 bits per heavy atom. The zero-order chi connectivity index (χ0) is 17.4. The number of nitrogens with one attached hydrogen (secondary N) is 1. The van der Waals surface area contributed by atoms with Gasteiger partial charge in [0.25, 0.3) is 5.91 Å². The van der Waals surface area contributed by atoms with Gasteiger partial charge in [-0.25, -0.2) is 0 Å². The average molecular weight is 333 g/mol. The van der Waals surface area contributed by atoms with Crippen LogP contribution in [-0.4, -0.2) is 30.5 Å². The van der Waals surface area contributed by atoms with Crippen LogP contribution in [0.2, 0.25) is 0 Å². The van der Waals surface area contributed by atoms with E-state index in [0.717, 1.165) is 12.0 Å². The first-order valence-corrected chi connectivity index (χ1v) is 8.58. The zero-order valence-electron chi connectivity index (χ0n) is 14.4. The molecule has 0 aromatic heterocycles. The van der Waals surface area contributed by atoms with Crippen LogP contribution in [0.25, 0.3) is 0 Å². The van der Waals surface area contributed by atoms with Gasteiger partial charge in [0.2, 0.25) is 6.29 Å². The van der Waals surface area contributed by atoms with Crippen molar-refractivity contribution in [3.63, 3.8) is 0 Å². The fraction of sp³-hybridized carbons (Fsp3) is 0.526. The van der Waals surface area contributed by atoms with E-state index in [1.807, 2.05) is 43.3 Å². The third-order valence-electron chi connectivity index (χ3n) is 4.23. The number of carbonyl (C=O) groups excluding carboxylic acids is 1. The predicted octanol–water partition coefficient (Wildman–Crippen LogP) is 2.60. The highest BCUT2D eigenvalue weighted by Crippen LogP contribution is 2.32. The predicted molar refractivity (Wildman–Crippen MR) is 91.8 cm³/mol. The van der Waals surface area contributed by atoms with Crippen molar-refractivity contribution < 1.29 is 19.4 Å². The van der Waals surface area contributed by atoms with Crippen LogP contribution >= 0.6 is 0 Å². The summed E-state index contributed by atoms with van der Waals surface area (Å²) in [7, 11) is 0. The molecule has 1 aliphatic heterocycles. The second kappa shape index (κ2) is 9.45. The second-order valence-corrected chi connectivity index (χ2v) is 6.03. The van der Waals surface area contributed by atoms with Crippen molar-refractivity contribution in [3.05, 3.63) is 47.7 Å². The molecule has 0 fully saturated rings. The Hall–Kier alpha value is -1.85. The lowest BCUT2D eigenvalue weighted by atomic mass is 9.87. The number of amides is 1. The van der Waals surface area contributed by atoms with Crippen molar-refractivity contribution in [1.82, 2.24) is 5.32 Å². The van der Waals surface area contributed by atoms with Crippen molar-refractivity contribution in [3.8, 4) is 0 Å². The third kappa shape index (κ3) is 5.08. The molecule has 3 atom stereocenters. The highest BCUT2D eigenvalue weighted by molar-refractivity contribution is 5.91. The molecule has 0 saturated carbocycles. The van der Waals surface area contributed by atoms with Crippen molar-refractivity contribution in [2.45, 2.75) is 39.5 Å². The number of hydrogen-bond donors (Lipinski definition) is 2. The SMILES string of the molecule is CCO[C@@H]1OC(C(=O)NCc2ccccc2)=C[C@H](C)[C@@H]1CCCO. The summed E-state index contributed by atoms with van der Waals surface area (Å²) in [6, 6.07) is 9.76. The highest BCUT2D eigenvalue weighted by atomic mass is 16.7. The smallest absolute Gasteiger partial charge is 0.286 e. The summed E-state index contributed by atoms with van der Waals surface area (Å²) in [5, 5.41) is 11.9. The van der Waals surface area contributed by atoms with E-state index in [1.165, 1.54) is 0 Å². The van der Waals surface area contributed by atoms with E-state index in [-0.39, 0.29) is 24.3 Å². The summed E-state index contributed by atoms with van der Waals surface area (Å²) in [4.78, 5) is 12.4. The number of aliphatic hydroxyl groups is 1. The van der Waals surface area contributed by atoms with Crippen molar-refractivity contribution >= 4 is 5.91 Å². The van der Waals surface area contributed by atoms with Gasteiger partial charge in [-0.2, -0.15) is 0 Å². The number of hydrogen-bond acceptors (Lipinski definition) is 4. The Balaban J connectivity index is 1.99. The Morgan fingerprint density at radius 2 is 2.08 bits per heavy atom. The van der Waals surface area contributed by atoms with Crippen LogP contribution in [0.1, 0.15) is 32.3 Å². The van der Waals surface area contributed by atoms with E-state index in [1.54, 1.807) is 0 Å². The van der Waals surface area contributed by atoms with Gasteiger partial charge in [0.05, 0.1) is 0 Å². The minimum Gasteiger partial charge on any atom is -0.459 e. The number of aliphatic hydroxyl groups excluding tert-OH is 1. The molecule has 1 heterocycles. The van der Waals surface area contributed by atoms with Crippen LogP contribution in [0.5, 0.6) is 0 Å². The van der Waals surface area contributed by atoms with Gasteiger partial charge in [-0.05, 0) is 37.3 Å². The van der Waals surface area contributed by atoms with Crippen molar-refractivity contribution in [2.24, 2.45) is 11.8 Å². The minimum atomic E-state index is -0.445. The molecule has 0 saturated heterocycles. The molecule has 0 aliphatic carbocycles. The Bertz CT molecular complexity index is 544. The topological polar surface area (TPSA) is 67.8 Å². The van der Waals surface area contributed by atoms with E-state index in [2.05, 4.69) is 12.2 Å². The third-order valence-corrected chi connectivity index (χ3v) is 4.23. The number of carbonyl (C=O) groups is 1. The summed E-state index contributed by atoms with van der Waals surface area (Å²) in [5.41, 5.74) is 1.04. The monoisotopic (exact) mass is 333 g/mol. The molecule has 24 heavy (non-hydrogen) atoms. The molecule has 132 valence electrons. The summed E-state index contributed by atoms with van der Waals surface area (Å²) >= 11 is 0. The van der Waals surface area contributed by atoms with Gasteiger partial charge in [-0.15, -0.1) is 0 Å². The maximum absolute atomic E-state index is 12.4. The molecule has 1 aliphatic rings. The zero-order valence-corrected chi connectivity index (χ0v) is 14.4. The van der Waals surface area contributed by atoms with Crippen LogP contribution in [0.3, 0.4) is 0 Å². The van der Waals surface area contributed by atoms with Crippen LogP contribution < -0.4 is 5.32 Å². The molecule has 0 spiro atoms. The highest BCUT2D eigenvalue weighted by Gasteiger charge is 2.34. The van der Waals surface area contributed by atoms with Crippen molar-refractivity contribution in [2.75, 3.05) is 13.2 Å².